The van der Waals surface area contributed by atoms with E-state index >= 15 is 0 Å². The lowest BCUT2D eigenvalue weighted by atomic mass is 10.00. The van der Waals surface area contributed by atoms with Crippen LogP contribution in [0.1, 0.15) is 28.3 Å². The van der Waals surface area contributed by atoms with Gasteiger partial charge >= 0.3 is 11.8 Å². The van der Waals surface area contributed by atoms with Crippen LogP contribution in [0.4, 0.5) is 11.4 Å². The predicted octanol–water partition coefficient (Wildman–Crippen LogP) is 2.34. The minimum Gasteiger partial charge on any atom is -0.374 e. The monoisotopic (exact) mass is 449 g/mol. The van der Waals surface area contributed by atoms with Crippen molar-refractivity contribution in [3.63, 3.8) is 0 Å². The van der Waals surface area contributed by atoms with Crippen molar-refractivity contribution in [2.75, 3.05) is 63.6 Å². The Morgan fingerprint density at radius 1 is 0.909 bits per heavy atom. The van der Waals surface area contributed by atoms with Crippen molar-refractivity contribution >= 4 is 23.2 Å². The van der Waals surface area contributed by atoms with Gasteiger partial charge in [0.25, 0.3) is 0 Å². The van der Waals surface area contributed by atoms with E-state index < -0.39 is 11.8 Å². The summed E-state index contributed by atoms with van der Waals surface area (Å²) in [6.07, 6.45) is 1.04. The Balaban J connectivity index is 1.46. The van der Waals surface area contributed by atoms with Gasteiger partial charge in [0, 0.05) is 57.7 Å². The van der Waals surface area contributed by atoms with Gasteiger partial charge in [0.2, 0.25) is 0 Å². The molecule has 1 atom stereocenters. The molecule has 2 N–H and O–H groups in total. The minimum absolute atomic E-state index is 0.0351. The molecule has 2 aliphatic rings. The van der Waals surface area contributed by atoms with Crippen molar-refractivity contribution < 1.29 is 9.59 Å². The van der Waals surface area contributed by atoms with E-state index in [1.165, 1.54) is 16.8 Å². The van der Waals surface area contributed by atoms with Crippen LogP contribution >= 0.6 is 0 Å². The number of aryl methyl sites for hydroxylation is 2. The highest BCUT2D eigenvalue weighted by molar-refractivity contribution is 6.39. The van der Waals surface area contributed by atoms with Gasteiger partial charge in [-0.05, 0) is 67.8 Å². The summed E-state index contributed by atoms with van der Waals surface area (Å²) in [6.45, 7) is 9.22. The molecular weight excluding hydrogens is 414 g/mol. The average Bonchev–Trinajstić information content (AvgIpc) is 3.14. The minimum atomic E-state index is -0.632. The maximum absolute atomic E-state index is 12.7. The van der Waals surface area contributed by atoms with Crippen LogP contribution in [0.15, 0.2) is 36.4 Å². The Hall–Kier alpha value is -2.90. The number of benzene rings is 2. The summed E-state index contributed by atoms with van der Waals surface area (Å²) < 4.78 is 0. The van der Waals surface area contributed by atoms with Gasteiger partial charge in [0.05, 0.1) is 6.04 Å². The highest BCUT2D eigenvalue weighted by Gasteiger charge is 2.27. The second-order valence-corrected chi connectivity index (χ2v) is 9.46. The molecule has 0 aromatic heterocycles. The normalized spacial score (nSPS) is 17.5. The molecule has 7 heteroatoms. The lowest BCUT2D eigenvalue weighted by Crippen LogP contribution is -2.49. The lowest BCUT2D eigenvalue weighted by molar-refractivity contribution is -0.136. The van der Waals surface area contributed by atoms with Crippen LogP contribution in [0.3, 0.4) is 0 Å². The second kappa shape index (κ2) is 9.93. The van der Waals surface area contributed by atoms with Crippen LogP contribution in [0.5, 0.6) is 0 Å². The van der Waals surface area contributed by atoms with Crippen LogP contribution in [0, 0.1) is 13.8 Å². The number of hydrogen-bond acceptors (Lipinski definition) is 5. The van der Waals surface area contributed by atoms with Crippen LogP contribution in [0.2, 0.25) is 0 Å². The van der Waals surface area contributed by atoms with E-state index in [1.54, 1.807) is 0 Å². The summed E-state index contributed by atoms with van der Waals surface area (Å²) in [5.41, 5.74) is 6.57. The van der Waals surface area contributed by atoms with E-state index in [4.69, 9.17) is 0 Å². The molecule has 2 amide bonds. The van der Waals surface area contributed by atoms with Crippen molar-refractivity contribution in [3.8, 4) is 0 Å². The summed E-state index contributed by atoms with van der Waals surface area (Å²) in [4.78, 5) is 32.2. The SMILES string of the molecule is Cc1cc(C)cc(NC(=O)C(=O)NC[C@@H](c2ccc3c(c2)CCN3C)N2CCN(C)CC2)c1. The fourth-order valence-electron chi connectivity index (χ4n) is 4.89. The number of fused-ring (bicyclic) bond motifs is 1. The fraction of sp³-hybridized carbons (Fsp3) is 0.462. The number of likely N-dealkylation sites (N-methyl/N-ethyl adjacent to an activating group) is 2. The molecule has 0 aliphatic carbocycles. The zero-order valence-corrected chi connectivity index (χ0v) is 20.1. The molecule has 2 heterocycles. The number of piperazine rings is 1. The molecule has 2 aromatic carbocycles. The van der Waals surface area contributed by atoms with Crippen molar-refractivity contribution in [1.29, 1.82) is 0 Å². The first-order valence-electron chi connectivity index (χ1n) is 11.7. The smallest absolute Gasteiger partial charge is 0.313 e. The number of nitrogens with one attached hydrogen (secondary N) is 2. The number of rotatable bonds is 5. The van der Waals surface area contributed by atoms with Crippen LogP contribution in [-0.4, -0.2) is 75.0 Å². The number of nitrogens with zero attached hydrogens (tertiary/aromatic N) is 3. The van der Waals surface area contributed by atoms with Gasteiger partial charge in [0.1, 0.15) is 0 Å². The average molecular weight is 450 g/mol. The first kappa shape index (κ1) is 23.3. The molecule has 0 saturated carbocycles. The second-order valence-electron chi connectivity index (χ2n) is 9.46. The number of carbonyl (C=O) groups excluding carboxylic acids is 2. The van der Waals surface area contributed by atoms with Gasteiger partial charge < -0.3 is 20.4 Å². The highest BCUT2D eigenvalue weighted by atomic mass is 16.2. The maximum Gasteiger partial charge on any atom is 0.313 e. The Kier molecular flexibility index (Phi) is 7.00. The fourth-order valence-corrected chi connectivity index (χ4v) is 4.89. The van der Waals surface area contributed by atoms with Crippen LogP contribution in [0.25, 0.3) is 0 Å². The Morgan fingerprint density at radius 2 is 1.61 bits per heavy atom. The molecule has 33 heavy (non-hydrogen) atoms. The third-order valence-corrected chi connectivity index (χ3v) is 6.74. The summed E-state index contributed by atoms with van der Waals surface area (Å²) in [5.74, 6) is -1.23. The predicted molar refractivity (Wildman–Crippen MR) is 133 cm³/mol. The van der Waals surface area contributed by atoms with Gasteiger partial charge in [-0.3, -0.25) is 14.5 Å². The molecule has 7 nitrogen and oxygen atoms in total. The van der Waals surface area contributed by atoms with Crippen molar-refractivity contribution in [3.05, 3.63) is 58.7 Å². The molecular formula is C26H35N5O2. The van der Waals surface area contributed by atoms with Crippen LogP contribution < -0.4 is 15.5 Å². The van der Waals surface area contributed by atoms with Gasteiger partial charge in [-0.15, -0.1) is 0 Å². The zero-order chi connectivity index (χ0) is 23.5. The third kappa shape index (κ3) is 5.54. The summed E-state index contributed by atoms with van der Waals surface area (Å²) in [7, 11) is 4.26. The maximum atomic E-state index is 12.7. The third-order valence-electron chi connectivity index (χ3n) is 6.74. The van der Waals surface area contributed by atoms with Gasteiger partial charge in [-0.25, -0.2) is 0 Å². The number of anilines is 2. The largest absolute Gasteiger partial charge is 0.374 e. The quantitative estimate of drug-likeness (QED) is 0.686. The number of carbonyl (C=O) groups is 2. The zero-order valence-electron chi connectivity index (χ0n) is 20.1. The van der Waals surface area contributed by atoms with Crippen molar-refractivity contribution in [2.45, 2.75) is 26.3 Å². The first-order valence-corrected chi connectivity index (χ1v) is 11.7. The van der Waals surface area contributed by atoms with Crippen molar-refractivity contribution in [2.24, 2.45) is 0 Å². The molecule has 2 aromatic rings. The molecule has 2 aliphatic heterocycles. The molecule has 1 fully saturated rings. The summed E-state index contributed by atoms with van der Waals surface area (Å²) >= 11 is 0. The van der Waals surface area contributed by atoms with Gasteiger partial charge in [-0.2, -0.15) is 0 Å². The molecule has 0 bridgehead atoms. The first-order chi connectivity index (χ1) is 15.8. The van der Waals surface area contributed by atoms with Gasteiger partial charge in [0.15, 0.2) is 0 Å². The Bertz CT molecular complexity index is 1010. The Morgan fingerprint density at radius 3 is 2.30 bits per heavy atom. The topological polar surface area (TPSA) is 67.9 Å². The van der Waals surface area contributed by atoms with E-state index in [9.17, 15) is 9.59 Å². The highest BCUT2D eigenvalue weighted by Crippen LogP contribution is 2.31. The van der Waals surface area contributed by atoms with Crippen LogP contribution in [-0.2, 0) is 16.0 Å². The van der Waals surface area contributed by atoms with E-state index in [-0.39, 0.29) is 6.04 Å². The molecule has 0 unspecified atom stereocenters. The standard InChI is InChI=1S/C26H35N5O2/c1-18-13-19(2)15-22(14-18)28-26(33)25(32)27-17-24(31-11-9-29(3)10-12-31)20-5-6-23-21(16-20)7-8-30(23)4/h5-6,13-16,24H,7-12,17H2,1-4H3,(H,27,32)(H,28,33)/t24-/m0/s1. The molecule has 0 radical (unpaired) electrons. The van der Waals surface area contributed by atoms with Gasteiger partial charge in [-0.1, -0.05) is 18.2 Å². The number of hydrogen-bond donors (Lipinski definition) is 2. The summed E-state index contributed by atoms with van der Waals surface area (Å²) in [6, 6.07) is 12.4. The van der Waals surface area contributed by atoms with E-state index in [0.717, 1.165) is 50.3 Å². The van der Waals surface area contributed by atoms with E-state index in [2.05, 4.69) is 57.6 Å². The molecule has 0 spiro atoms. The summed E-state index contributed by atoms with van der Waals surface area (Å²) in [5, 5.41) is 5.63. The number of amides is 2. The lowest BCUT2D eigenvalue weighted by Gasteiger charge is -2.38. The van der Waals surface area contributed by atoms with E-state index in [0.29, 0.717) is 12.2 Å². The van der Waals surface area contributed by atoms with E-state index in [1.807, 2.05) is 32.0 Å². The molecule has 4 rings (SSSR count). The van der Waals surface area contributed by atoms with Crippen molar-refractivity contribution in [1.82, 2.24) is 15.1 Å². The molecule has 176 valence electrons. The Labute approximate surface area is 196 Å². The molecule has 1 saturated heterocycles.